The monoisotopic (exact) mass is 391 g/mol. The quantitative estimate of drug-likeness (QED) is 0.809. The molecule has 1 fully saturated rings. The Balaban J connectivity index is 1.53. The van der Waals surface area contributed by atoms with Crippen molar-refractivity contribution in [3.05, 3.63) is 23.8 Å². The molecule has 2 N–H and O–H groups in total. The van der Waals surface area contributed by atoms with Crippen LogP contribution in [0.4, 0.5) is 10.5 Å². The Morgan fingerprint density at radius 1 is 1.26 bits per heavy atom. The van der Waals surface area contributed by atoms with Gasteiger partial charge in [-0.05, 0) is 51.8 Å². The molecule has 146 valence electrons. The van der Waals surface area contributed by atoms with Gasteiger partial charge >= 0.3 is 6.09 Å². The van der Waals surface area contributed by atoms with E-state index >= 15 is 0 Å². The SMILES string of the molecule is CC(C)(C)OC(=O)N1CCC(NC(=O)c2ccc3c(c2)NC(=O)CS3)CC1. The lowest BCUT2D eigenvalue weighted by Gasteiger charge is -2.33. The van der Waals surface area contributed by atoms with Gasteiger partial charge in [-0.2, -0.15) is 0 Å². The predicted octanol–water partition coefficient (Wildman–Crippen LogP) is 2.86. The Kier molecular flexibility index (Phi) is 5.64. The third kappa shape index (κ3) is 5.15. The van der Waals surface area contributed by atoms with E-state index in [0.29, 0.717) is 42.9 Å². The highest BCUT2D eigenvalue weighted by molar-refractivity contribution is 8.00. The normalized spacial score (nSPS) is 17.7. The summed E-state index contributed by atoms with van der Waals surface area (Å²) in [4.78, 5) is 38.8. The molecule has 0 aliphatic carbocycles. The number of piperidine rings is 1. The van der Waals surface area contributed by atoms with Crippen LogP contribution in [0, 0.1) is 0 Å². The van der Waals surface area contributed by atoms with Gasteiger partial charge in [0.05, 0.1) is 11.4 Å². The van der Waals surface area contributed by atoms with Gasteiger partial charge in [0.25, 0.3) is 5.91 Å². The van der Waals surface area contributed by atoms with E-state index in [2.05, 4.69) is 10.6 Å². The van der Waals surface area contributed by atoms with Crippen molar-refractivity contribution in [3.8, 4) is 0 Å². The van der Waals surface area contributed by atoms with Crippen LogP contribution in [0.1, 0.15) is 44.0 Å². The molecule has 8 heteroatoms. The number of carbonyl (C=O) groups excluding carboxylic acids is 3. The van der Waals surface area contributed by atoms with Crippen molar-refractivity contribution >= 4 is 35.4 Å². The van der Waals surface area contributed by atoms with Crippen molar-refractivity contribution in [1.29, 1.82) is 0 Å². The summed E-state index contributed by atoms with van der Waals surface area (Å²) in [6.45, 7) is 6.64. The van der Waals surface area contributed by atoms with Crippen molar-refractivity contribution in [3.63, 3.8) is 0 Å². The number of carbonyl (C=O) groups is 3. The molecule has 1 aromatic rings. The zero-order valence-corrected chi connectivity index (χ0v) is 16.6. The van der Waals surface area contributed by atoms with E-state index < -0.39 is 5.60 Å². The van der Waals surface area contributed by atoms with Crippen molar-refractivity contribution < 1.29 is 19.1 Å². The average Bonchev–Trinajstić information content (AvgIpc) is 2.60. The van der Waals surface area contributed by atoms with Gasteiger partial charge < -0.3 is 20.3 Å². The fourth-order valence-corrected chi connectivity index (χ4v) is 3.81. The number of thioether (sulfide) groups is 1. The number of anilines is 1. The summed E-state index contributed by atoms with van der Waals surface area (Å²) in [5, 5.41) is 5.82. The Morgan fingerprint density at radius 2 is 1.96 bits per heavy atom. The van der Waals surface area contributed by atoms with Gasteiger partial charge in [0.1, 0.15) is 5.60 Å². The van der Waals surface area contributed by atoms with Crippen LogP contribution in [0.15, 0.2) is 23.1 Å². The maximum absolute atomic E-state index is 12.5. The smallest absolute Gasteiger partial charge is 0.410 e. The van der Waals surface area contributed by atoms with Crippen molar-refractivity contribution in [2.75, 3.05) is 24.2 Å². The highest BCUT2D eigenvalue weighted by atomic mass is 32.2. The molecule has 0 spiro atoms. The summed E-state index contributed by atoms with van der Waals surface area (Å²) in [5.41, 5.74) is 0.692. The topological polar surface area (TPSA) is 87.7 Å². The molecule has 2 aliphatic heterocycles. The third-order valence-corrected chi connectivity index (χ3v) is 5.43. The second-order valence-corrected chi connectivity index (χ2v) is 8.78. The van der Waals surface area contributed by atoms with Crippen LogP contribution in [0.5, 0.6) is 0 Å². The van der Waals surface area contributed by atoms with E-state index in [4.69, 9.17) is 4.74 Å². The molecule has 2 aliphatic rings. The van der Waals surface area contributed by atoms with E-state index in [1.54, 1.807) is 17.0 Å². The molecule has 3 amide bonds. The summed E-state index contributed by atoms with van der Waals surface area (Å²) < 4.78 is 5.39. The zero-order chi connectivity index (χ0) is 19.6. The molecule has 0 saturated carbocycles. The molecule has 3 rings (SSSR count). The van der Waals surface area contributed by atoms with Crippen LogP contribution in [0.3, 0.4) is 0 Å². The second kappa shape index (κ2) is 7.80. The molecular formula is C19H25N3O4S. The summed E-state index contributed by atoms with van der Waals surface area (Å²) in [7, 11) is 0. The molecule has 7 nitrogen and oxygen atoms in total. The first-order chi connectivity index (χ1) is 12.7. The fourth-order valence-electron chi connectivity index (χ4n) is 3.03. The van der Waals surface area contributed by atoms with E-state index in [0.717, 1.165) is 4.90 Å². The third-order valence-electron chi connectivity index (χ3n) is 4.36. The molecule has 27 heavy (non-hydrogen) atoms. The molecule has 0 aromatic heterocycles. The highest BCUT2D eigenvalue weighted by Gasteiger charge is 2.28. The van der Waals surface area contributed by atoms with Crippen LogP contribution >= 0.6 is 11.8 Å². The Morgan fingerprint density at radius 3 is 2.63 bits per heavy atom. The average molecular weight is 391 g/mol. The second-order valence-electron chi connectivity index (χ2n) is 7.76. The summed E-state index contributed by atoms with van der Waals surface area (Å²) >= 11 is 1.47. The van der Waals surface area contributed by atoms with Crippen LogP contribution in [0.25, 0.3) is 0 Å². The molecule has 0 bridgehead atoms. The lowest BCUT2D eigenvalue weighted by molar-refractivity contribution is -0.113. The number of hydrogen-bond acceptors (Lipinski definition) is 5. The standard InChI is InChI=1S/C19H25N3O4S/c1-19(2,3)26-18(25)22-8-6-13(7-9-22)20-17(24)12-4-5-15-14(10-12)21-16(23)11-27-15/h4-5,10,13H,6-9,11H2,1-3H3,(H,20,24)(H,21,23). The molecule has 0 atom stereocenters. The maximum Gasteiger partial charge on any atom is 0.410 e. The lowest BCUT2D eigenvalue weighted by atomic mass is 10.0. The number of likely N-dealkylation sites (tertiary alicyclic amines) is 1. The summed E-state index contributed by atoms with van der Waals surface area (Å²) in [5.74, 6) is 0.173. The first-order valence-electron chi connectivity index (χ1n) is 9.07. The van der Waals surface area contributed by atoms with Crippen molar-refractivity contribution in [2.24, 2.45) is 0 Å². The van der Waals surface area contributed by atoms with Crippen molar-refractivity contribution in [2.45, 2.75) is 50.2 Å². The maximum atomic E-state index is 12.5. The Bertz CT molecular complexity index is 752. The van der Waals surface area contributed by atoms with Gasteiger partial charge in [-0.3, -0.25) is 9.59 Å². The molecule has 1 aromatic carbocycles. The highest BCUT2D eigenvalue weighted by Crippen LogP contribution is 2.32. The van der Waals surface area contributed by atoms with E-state index in [9.17, 15) is 14.4 Å². The van der Waals surface area contributed by atoms with Gasteiger partial charge in [-0.15, -0.1) is 11.8 Å². The van der Waals surface area contributed by atoms with Gasteiger partial charge in [-0.25, -0.2) is 4.79 Å². The molecule has 0 unspecified atom stereocenters. The summed E-state index contributed by atoms with van der Waals surface area (Å²) in [6, 6.07) is 5.36. The minimum atomic E-state index is -0.512. The molecular weight excluding hydrogens is 366 g/mol. The predicted molar refractivity (Wildman–Crippen MR) is 104 cm³/mol. The van der Waals surface area contributed by atoms with Crippen LogP contribution in [-0.2, 0) is 9.53 Å². The van der Waals surface area contributed by atoms with Crippen LogP contribution in [-0.4, -0.2) is 53.3 Å². The summed E-state index contributed by atoms with van der Waals surface area (Å²) in [6.07, 6.45) is 1.06. The number of hydrogen-bond donors (Lipinski definition) is 2. The number of nitrogens with one attached hydrogen (secondary N) is 2. The molecule has 0 radical (unpaired) electrons. The first-order valence-corrected chi connectivity index (χ1v) is 10.1. The lowest BCUT2D eigenvalue weighted by Crippen LogP contribution is -2.47. The van der Waals surface area contributed by atoms with E-state index in [1.165, 1.54) is 11.8 Å². The number of benzene rings is 1. The minimum Gasteiger partial charge on any atom is -0.444 e. The number of rotatable bonds is 2. The van der Waals surface area contributed by atoms with Gasteiger partial charge in [-0.1, -0.05) is 0 Å². The van der Waals surface area contributed by atoms with Gasteiger partial charge in [0, 0.05) is 29.6 Å². The fraction of sp³-hybridized carbons (Fsp3) is 0.526. The largest absolute Gasteiger partial charge is 0.444 e. The first kappa shape index (κ1) is 19.5. The molecule has 1 saturated heterocycles. The molecule has 2 heterocycles. The van der Waals surface area contributed by atoms with Gasteiger partial charge in [0.2, 0.25) is 5.91 Å². The number of nitrogens with zero attached hydrogens (tertiary/aromatic N) is 1. The van der Waals surface area contributed by atoms with E-state index in [1.807, 2.05) is 26.8 Å². The van der Waals surface area contributed by atoms with Crippen molar-refractivity contribution in [1.82, 2.24) is 10.2 Å². The van der Waals surface area contributed by atoms with E-state index in [-0.39, 0.29) is 23.9 Å². The number of ether oxygens (including phenoxy) is 1. The number of amides is 3. The number of fused-ring (bicyclic) bond motifs is 1. The Labute approximate surface area is 163 Å². The van der Waals surface area contributed by atoms with Crippen LogP contribution < -0.4 is 10.6 Å². The zero-order valence-electron chi connectivity index (χ0n) is 15.8. The minimum absolute atomic E-state index is 0.0104. The van der Waals surface area contributed by atoms with Gasteiger partial charge in [0.15, 0.2) is 0 Å². The van der Waals surface area contributed by atoms with Crippen LogP contribution in [0.2, 0.25) is 0 Å². The Hall–Kier alpha value is -2.22.